The highest BCUT2D eigenvalue weighted by atomic mass is 79.9. The summed E-state index contributed by atoms with van der Waals surface area (Å²) in [6.07, 6.45) is 0.922. The van der Waals surface area contributed by atoms with Gasteiger partial charge >= 0.3 is 0 Å². The summed E-state index contributed by atoms with van der Waals surface area (Å²) in [5, 5.41) is 0.536. The molecule has 2 atom stereocenters. The van der Waals surface area contributed by atoms with Gasteiger partial charge in [-0.05, 0) is 25.5 Å². The van der Waals surface area contributed by atoms with Gasteiger partial charge in [0.25, 0.3) is 5.91 Å². The summed E-state index contributed by atoms with van der Waals surface area (Å²) < 4.78 is 6.82. The van der Waals surface area contributed by atoms with Gasteiger partial charge in [0, 0.05) is 17.4 Å². The maximum atomic E-state index is 12.5. The Labute approximate surface area is 119 Å². The molecule has 0 spiro atoms. The third-order valence-electron chi connectivity index (χ3n) is 3.85. The first-order chi connectivity index (χ1) is 8.50. The molecule has 0 saturated carbocycles. The largest absolute Gasteiger partial charge is 0.486 e. The summed E-state index contributed by atoms with van der Waals surface area (Å²) in [7, 11) is 0. The van der Waals surface area contributed by atoms with Gasteiger partial charge in [-0.15, -0.1) is 0 Å². The van der Waals surface area contributed by atoms with Crippen molar-refractivity contribution in [1.82, 2.24) is 4.90 Å². The highest BCUT2D eigenvalue weighted by Gasteiger charge is 2.41. The minimum atomic E-state index is 0.0140. The fraction of sp³-hybridized carbons (Fsp3) is 0.462. The van der Waals surface area contributed by atoms with Crippen molar-refractivity contribution >= 4 is 33.4 Å². The second kappa shape index (κ2) is 4.14. The average Bonchev–Trinajstić information content (AvgIpc) is 2.65. The standard InChI is InChI=1S/C13H13BrClNO2/c1-6-9(14)5-8-12(11(6)15)18-10-3-4-16(7(10)2)13(8)17/h5,7,10H,3-4H2,1-2H3/t7-,10-/m1/s1. The third kappa shape index (κ3) is 1.58. The summed E-state index contributed by atoms with van der Waals surface area (Å²) in [4.78, 5) is 14.4. The Morgan fingerprint density at radius 1 is 1.56 bits per heavy atom. The fourth-order valence-electron chi connectivity index (χ4n) is 2.63. The lowest BCUT2D eigenvalue weighted by Crippen LogP contribution is -2.36. The Balaban J connectivity index is 2.22. The van der Waals surface area contributed by atoms with Gasteiger partial charge in [-0.25, -0.2) is 0 Å². The van der Waals surface area contributed by atoms with E-state index in [1.54, 1.807) is 0 Å². The van der Waals surface area contributed by atoms with E-state index in [2.05, 4.69) is 15.9 Å². The van der Waals surface area contributed by atoms with Crippen molar-refractivity contribution in [2.24, 2.45) is 0 Å². The van der Waals surface area contributed by atoms with Crippen molar-refractivity contribution in [3.05, 3.63) is 26.7 Å². The van der Waals surface area contributed by atoms with Gasteiger partial charge in [0.05, 0.1) is 16.6 Å². The number of carbonyl (C=O) groups excluding carboxylic acids is 1. The summed E-state index contributed by atoms with van der Waals surface area (Å²) >= 11 is 9.75. The van der Waals surface area contributed by atoms with Crippen LogP contribution in [-0.2, 0) is 0 Å². The molecule has 1 aromatic rings. The van der Waals surface area contributed by atoms with E-state index >= 15 is 0 Å². The SMILES string of the molecule is Cc1c(Br)cc2c(c1Cl)O[C@@H]1CCN(C2=O)[C@@H]1C. The number of benzene rings is 1. The van der Waals surface area contributed by atoms with Crippen LogP contribution in [0.2, 0.25) is 5.02 Å². The highest BCUT2D eigenvalue weighted by Crippen LogP contribution is 2.41. The number of ether oxygens (including phenoxy) is 1. The van der Waals surface area contributed by atoms with Crippen LogP contribution in [-0.4, -0.2) is 29.5 Å². The molecule has 5 heteroatoms. The van der Waals surface area contributed by atoms with Crippen molar-refractivity contribution < 1.29 is 9.53 Å². The molecular weight excluding hydrogens is 318 g/mol. The maximum absolute atomic E-state index is 12.5. The van der Waals surface area contributed by atoms with E-state index in [4.69, 9.17) is 16.3 Å². The van der Waals surface area contributed by atoms with E-state index in [1.165, 1.54) is 0 Å². The molecule has 1 saturated heterocycles. The number of halogens is 2. The zero-order chi connectivity index (χ0) is 13.0. The predicted octanol–water partition coefficient (Wildman–Crippen LogP) is 3.41. The first kappa shape index (κ1) is 12.3. The van der Waals surface area contributed by atoms with Gasteiger partial charge < -0.3 is 9.64 Å². The first-order valence-electron chi connectivity index (χ1n) is 5.97. The fourth-order valence-corrected chi connectivity index (χ4v) is 3.42. The minimum Gasteiger partial charge on any atom is -0.486 e. The van der Waals surface area contributed by atoms with Crippen LogP contribution in [0.15, 0.2) is 10.5 Å². The Bertz CT molecular complexity index is 546. The predicted molar refractivity (Wildman–Crippen MR) is 73.4 cm³/mol. The summed E-state index contributed by atoms with van der Waals surface area (Å²) in [6, 6.07) is 1.92. The normalized spacial score (nSPS) is 25.8. The smallest absolute Gasteiger partial charge is 0.258 e. The van der Waals surface area contributed by atoms with Crippen LogP contribution >= 0.6 is 27.5 Å². The quantitative estimate of drug-likeness (QED) is 0.729. The molecule has 1 amide bonds. The van der Waals surface area contributed by atoms with Gasteiger partial charge in [-0.1, -0.05) is 27.5 Å². The number of rotatable bonds is 0. The van der Waals surface area contributed by atoms with Crippen LogP contribution in [0.4, 0.5) is 0 Å². The number of hydrogen-bond donors (Lipinski definition) is 0. The summed E-state index contributed by atoms with van der Waals surface area (Å²) in [6.45, 7) is 4.69. The molecule has 96 valence electrons. The van der Waals surface area contributed by atoms with E-state index in [-0.39, 0.29) is 18.1 Å². The Morgan fingerprint density at radius 2 is 2.28 bits per heavy atom. The van der Waals surface area contributed by atoms with Crippen molar-refractivity contribution in [2.75, 3.05) is 6.54 Å². The molecule has 2 bridgehead atoms. The lowest BCUT2D eigenvalue weighted by molar-refractivity contribution is 0.0730. The van der Waals surface area contributed by atoms with Gasteiger partial charge in [0.1, 0.15) is 6.10 Å². The van der Waals surface area contributed by atoms with E-state index in [9.17, 15) is 4.79 Å². The molecule has 1 aromatic carbocycles. The number of fused-ring (bicyclic) bond motifs is 3. The van der Waals surface area contributed by atoms with Gasteiger partial charge in [0.15, 0.2) is 5.75 Å². The Morgan fingerprint density at radius 3 is 3.00 bits per heavy atom. The second-order valence-corrected chi connectivity index (χ2v) is 6.09. The third-order valence-corrected chi connectivity index (χ3v) is 5.13. The van der Waals surface area contributed by atoms with Crippen LogP contribution in [0.25, 0.3) is 0 Å². The monoisotopic (exact) mass is 329 g/mol. The molecular formula is C13H13BrClNO2. The Kier molecular flexibility index (Phi) is 2.83. The molecule has 2 aliphatic rings. The lowest BCUT2D eigenvalue weighted by atomic mass is 10.1. The molecule has 2 aliphatic heterocycles. The molecule has 2 heterocycles. The highest BCUT2D eigenvalue weighted by molar-refractivity contribution is 9.10. The van der Waals surface area contributed by atoms with Crippen molar-refractivity contribution in [3.63, 3.8) is 0 Å². The van der Waals surface area contributed by atoms with E-state index < -0.39 is 0 Å². The number of hydrogen-bond acceptors (Lipinski definition) is 2. The first-order valence-corrected chi connectivity index (χ1v) is 7.14. The van der Waals surface area contributed by atoms with Gasteiger partial charge in [0.2, 0.25) is 0 Å². The van der Waals surface area contributed by atoms with E-state index in [1.807, 2.05) is 24.8 Å². The van der Waals surface area contributed by atoms with E-state index in [0.717, 1.165) is 23.0 Å². The molecule has 1 fully saturated rings. The topological polar surface area (TPSA) is 29.5 Å². The van der Waals surface area contributed by atoms with Crippen LogP contribution in [0.3, 0.4) is 0 Å². The molecule has 0 aromatic heterocycles. The van der Waals surface area contributed by atoms with Crippen molar-refractivity contribution in [2.45, 2.75) is 32.4 Å². The van der Waals surface area contributed by atoms with E-state index in [0.29, 0.717) is 16.3 Å². The van der Waals surface area contributed by atoms with Crippen LogP contribution in [0.5, 0.6) is 5.75 Å². The van der Waals surface area contributed by atoms with Gasteiger partial charge in [-0.3, -0.25) is 4.79 Å². The van der Waals surface area contributed by atoms with Gasteiger partial charge in [-0.2, -0.15) is 0 Å². The summed E-state index contributed by atoms with van der Waals surface area (Å²) in [5.41, 5.74) is 1.47. The molecule has 3 rings (SSSR count). The number of nitrogens with zero attached hydrogens (tertiary/aromatic N) is 1. The zero-order valence-electron chi connectivity index (χ0n) is 10.2. The van der Waals surface area contributed by atoms with Crippen LogP contribution < -0.4 is 4.74 Å². The van der Waals surface area contributed by atoms with Crippen molar-refractivity contribution in [3.8, 4) is 5.75 Å². The van der Waals surface area contributed by atoms with Crippen LogP contribution in [0, 0.1) is 6.92 Å². The molecule has 3 nitrogen and oxygen atoms in total. The molecule has 0 aliphatic carbocycles. The van der Waals surface area contributed by atoms with Crippen LogP contribution in [0.1, 0.15) is 29.3 Å². The number of amides is 1. The lowest BCUT2D eigenvalue weighted by Gasteiger charge is -2.20. The zero-order valence-corrected chi connectivity index (χ0v) is 12.5. The van der Waals surface area contributed by atoms with Crippen molar-refractivity contribution in [1.29, 1.82) is 0 Å². The molecule has 0 unspecified atom stereocenters. The molecule has 0 N–H and O–H groups in total. The summed E-state index contributed by atoms with van der Waals surface area (Å²) in [5.74, 6) is 0.557. The maximum Gasteiger partial charge on any atom is 0.258 e. The molecule has 18 heavy (non-hydrogen) atoms. The average molecular weight is 331 g/mol. The second-order valence-electron chi connectivity index (χ2n) is 4.86. The Hall–Kier alpha value is -0.740. The molecule has 0 radical (unpaired) electrons. The minimum absolute atomic E-state index is 0.0140. The number of carbonyl (C=O) groups is 1.